The molecule has 0 atom stereocenters. The summed E-state index contributed by atoms with van der Waals surface area (Å²) < 4.78 is 0. The first-order chi connectivity index (χ1) is 13.7. The zero-order valence-corrected chi connectivity index (χ0v) is 16.2. The van der Waals surface area contributed by atoms with E-state index in [2.05, 4.69) is 24.3 Å². The molecule has 5 nitrogen and oxygen atoms in total. The minimum Gasteiger partial charge on any atom is -0.341 e. The number of benzene rings is 2. The van der Waals surface area contributed by atoms with E-state index in [1.807, 2.05) is 41.3 Å². The van der Waals surface area contributed by atoms with Crippen molar-refractivity contribution in [1.82, 2.24) is 9.80 Å². The predicted octanol–water partition coefficient (Wildman–Crippen LogP) is 3.41. The Morgan fingerprint density at radius 3 is 2.18 bits per heavy atom. The van der Waals surface area contributed by atoms with E-state index in [0.717, 1.165) is 38.0 Å². The number of piperidine rings is 1. The fourth-order valence-corrected chi connectivity index (χ4v) is 4.17. The van der Waals surface area contributed by atoms with Gasteiger partial charge in [-0.2, -0.15) is 0 Å². The lowest BCUT2D eigenvalue weighted by molar-refractivity contribution is -0.133. The van der Waals surface area contributed by atoms with Crippen molar-refractivity contribution in [1.29, 1.82) is 0 Å². The van der Waals surface area contributed by atoms with Crippen LogP contribution in [0, 0.1) is 5.92 Å². The highest BCUT2D eigenvalue weighted by atomic mass is 16.2. The van der Waals surface area contributed by atoms with E-state index in [0.29, 0.717) is 19.0 Å². The van der Waals surface area contributed by atoms with Crippen LogP contribution >= 0.6 is 0 Å². The maximum Gasteiger partial charge on any atom is 0.325 e. The van der Waals surface area contributed by atoms with E-state index in [-0.39, 0.29) is 18.5 Å². The highest BCUT2D eigenvalue weighted by molar-refractivity contribution is 5.96. The Balaban J connectivity index is 1.26. The molecule has 28 heavy (non-hydrogen) atoms. The number of amides is 3. The second kappa shape index (κ2) is 8.46. The molecule has 2 aliphatic heterocycles. The lowest BCUT2D eigenvalue weighted by Gasteiger charge is -2.33. The van der Waals surface area contributed by atoms with E-state index >= 15 is 0 Å². The first kappa shape index (κ1) is 18.5. The number of hydrogen-bond acceptors (Lipinski definition) is 2. The average molecular weight is 377 g/mol. The van der Waals surface area contributed by atoms with Crippen molar-refractivity contribution in [2.24, 2.45) is 5.92 Å². The molecule has 0 radical (unpaired) electrons. The SMILES string of the molecule is O=C(CN1CCN(c2ccccc2)C1=O)N1CCC(Cc2ccccc2)CC1. The molecule has 4 rings (SSSR count). The van der Waals surface area contributed by atoms with Crippen LogP contribution in [0.3, 0.4) is 0 Å². The number of likely N-dealkylation sites (tertiary alicyclic amines) is 1. The maximum absolute atomic E-state index is 12.7. The summed E-state index contributed by atoms with van der Waals surface area (Å²) in [5, 5.41) is 0. The maximum atomic E-state index is 12.7. The third kappa shape index (κ3) is 4.19. The Hall–Kier alpha value is -2.82. The largest absolute Gasteiger partial charge is 0.341 e. The van der Waals surface area contributed by atoms with Gasteiger partial charge in [-0.25, -0.2) is 4.79 Å². The molecule has 0 saturated carbocycles. The second-order valence-electron chi connectivity index (χ2n) is 7.71. The minimum atomic E-state index is -0.0708. The second-order valence-corrected chi connectivity index (χ2v) is 7.71. The van der Waals surface area contributed by atoms with Gasteiger partial charge in [0.2, 0.25) is 5.91 Å². The number of carbonyl (C=O) groups is 2. The number of anilines is 1. The van der Waals surface area contributed by atoms with E-state index in [4.69, 9.17) is 0 Å². The van der Waals surface area contributed by atoms with Gasteiger partial charge >= 0.3 is 6.03 Å². The molecule has 0 N–H and O–H groups in total. The molecule has 0 aliphatic carbocycles. The van der Waals surface area contributed by atoms with E-state index in [1.54, 1.807) is 9.80 Å². The topological polar surface area (TPSA) is 43.9 Å². The van der Waals surface area contributed by atoms with Crippen molar-refractivity contribution >= 4 is 17.6 Å². The highest BCUT2D eigenvalue weighted by Crippen LogP contribution is 2.23. The van der Waals surface area contributed by atoms with Gasteiger partial charge in [0.15, 0.2) is 0 Å². The standard InChI is InChI=1S/C23H27N3O2/c27-22(18-25-15-16-26(23(25)28)21-9-5-2-6-10-21)24-13-11-20(12-14-24)17-19-7-3-1-4-8-19/h1-10,20H,11-18H2. The van der Waals surface area contributed by atoms with Crippen LogP contribution in [-0.2, 0) is 11.2 Å². The van der Waals surface area contributed by atoms with Crippen molar-refractivity contribution in [3.63, 3.8) is 0 Å². The molecule has 0 unspecified atom stereocenters. The summed E-state index contributed by atoms with van der Waals surface area (Å²) in [7, 11) is 0. The minimum absolute atomic E-state index is 0.0708. The summed E-state index contributed by atoms with van der Waals surface area (Å²) in [6.45, 7) is 3.01. The van der Waals surface area contributed by atoms with Crippen LogP contribution in [0.2, 0.25) is 0 Å². The molecule has 2 aromatic carbocycles. The zero-order chi connectivity index (χ0) is 19.3. The monoisotopic (exact) mass is 377 g/mol. The van der Waals surface area contributed by atoms with E-state index < -0.39 is 0 Å². The van der Waals surface area contributed by atoms with Gasteiger partial charge in [0.25, 0.3) is 0 Å². The highest BCUT2D eigenvalue weighted by Gasteiger charge is 2.32. The van der Waals surface area contributed by atoms with Crippen molar-refractivity contribution in [3.05, 3.63) is 66.2 Å². The van der Waals surface area contributed by atoms with Gasteiger partial charge in [-0.3, -0.25) is 9.69 Å². The lowest BCUT2D eigenvalue weighted by atomic mass is 9.90. The number of para-hydroxylation sites is 1. The van der Waals surface area contributed by atoms with Gasteiger partial charge in [-0.15, -0.1) is 0 Å². The number of rotatable bonds is 5. The summed E-state index contributed by atoms with van der Waals surface area (Å²) in [6, 6.07) is 20.1. The Kier molecular flexibility index (Phi) is 5.60. The first-order valence-electron chi connectivity index (χ1n) is 10.1. The van der Waals surface area contributed by atoms with Crippen molar-refractivity contribution in [3.8, 4) is 0 Å². The summed E-state index contributed by atoms with van der Waals surface area (Å²) in [4.78, 5) is 30.7. The summed E-state index contributed by atoms with van der Waals surface area (Å²) in [5.41, 5.74) is 2.26. The fourth-order valence-electron chi connectivity index (χ4n) is 4.17. The molecule has 0 spiro atoms. The van der Waals surface area contributed by atoms with E-state index in [1.165, 1.54) is 5.56 Å². The van der Waals surface area contributed by atoms with Crippen LogP contribution in [0.25, 0.3) is 0 Å². The third-order valence-corrected chi connectivity index (χ3v) is 5.82. The molecule has 146 valence electrons. The van der Waals surface area contributed by atoms with Gasteiger partial charge in [0.05, 0.1) is 0 Å². The molecule has 5 heteroatoms. The fraction of sp³-hybridized carbons (Fsp3) is 0.391. The molecule has 0 bridgehead atoms. The Bertz CT molecular complexity index is 801. The van der Waals surface area contributed by atoms with Crippen molar-refractivity contribution in [2.45, 2.75) is 19.3 Å². The first-order valence-corrected chi connectivity index (χ1v) is 10.1. The normalized spacial score (nSPS) is 18.0. The Labute approximate surface area is 166 Å². The van der Waals surface area contributed by atoms with Crippen LogP contribution in [-0.4, -0.2) is 54.5 Å². The predicted molar refractivity (Wildman–Crippen MR) is 110 cm³/mol. The molecule has 2 fully saturated rings. The van der Waals surface area contributed by atoms with Crippen LogP contribution in [0.5, 0.6) is 0 Å². The molecular weight excluding hydrogens is 350 g/mol. The summed E-state index contributed by atoms with van der Waals surface area (Å²) in [6.07, 6.45) is 3.15. The molecule has 2 aromatic rings. The number of urea groups is 1. The molecular formula is C23H27N3O2. The quantitative estimate of drug-likeness (QED) is 0.801. The van der Waals surface area contributed by atoms with Gasteiger partial charge in [0, 0.05) is 31.9 Å². The summed E-state index contributed by atoms with van der Waals surface area (Å²) in [5.74, 6) is 0.704. The Morgan fingerprint density at radius 1 is 0.857 bits per heavy atom. The zero-order valence-electron chi connectivity index (χ0n) is 16.2. The molecule has 0 aromatic heterocycles. The lowest BCUT2D eigenvalue weighted by Crippen LogP contribution is -2.45. The van der Waals surface area contributed by atoms with Crippen LogP contribution in [0.15, 0.2) is 60.7 Å². The number of nitrogens with zero attached hydrogens (tertiary/aromatic N) is 3. The molecule has 2 heterocycles. The smallest absolute Gasteiger partial charge is 0.325 e. The van der Waals surface area contributed by atoms with E-state index in [9.17, 15) is 9.59 Å². The van der Waals surface area contributed by atoms with Crippen LogP contribution in [0.4, 0.5) is 10.5 Å². The third-order valence-electron chi connectivity index (χ3n) is 5.82. The molecule has 2 aliphatic rings. The Morgan fingerprint density at radius 2 is 1.50 bits per heavy atom. The average Bonchev–Trinajstić information content (AvgIpc) is 3.10. The van der Waals surface area contributed by atoms with Crippen molar-refractivity contribution in [2.75, 3.05) is 37.6 Å². The van der Waals surface area contributed by atoms with Gasteiger partial charge in [-0.1, -0.05) is 48.5 Å². The summed E-state index contributed by atoms with van der Waals surface area (Å²) >= 11 is 0. The van der Waals surface area contributed by atoms with Gasteiger partial charge < -0.3 is 9.80 Å². The van der Waals surface area contributed by atoms with Crippen LogP contribution < -0.4 is 4.90 Å². The van der Waals surface area contributed by atoms with Gasteiger partial charge in [0.1, 0.15) is 6.54 Å². The molecule has 3 amide bonds. The molecule has 2 saturated heterocycles. The van der Waals surface area contributed by atoms with Crippen molar-refractivity contribution < 1.29 is 9.59 Å². The van der Waals surface area contributed by atoms with Gasteiger partial charge in [-0.05, 0) is 42.9 Å². The number of carbonyl (C=O) groups excluding carboxylic acids is 2. The number of hydrogen-bond donors (Lipinski definition) is 0. The van der Waals surface area contributed by atoms with Crippen LogP contribution in [0.1, 0.15) is 18.4 Å².